The number of esters is 1. The van der Waals surface area contributed by atoms with Crippen molar-refractivity contribution in [2.24, 2.45) is 0 Å². The number of hydrogen-bond acceptors (Lipinski definition) is 4. The van der Waals surface area contributed by atoms with Gasteiger partial charge in [-0.25, -0.2) is 4.79 Å². The Hall–Kier alpha value is -2.20. The van der Waals surface area contributed by atoms with Gasteiger partial charge in [0.15, 0.2) is 0 Å². The number of benzene rings is 2. The van der Waals surface area contributed by atoms with Gasteiger partial charge in [0.05, 0.1) is 6.61 Å². The van der Waals surface area contributed by atoms with Gasteiger partial charge < -0.3 is 9.64 Å². The number of para-hydroxylation sites is 1. The second kappa shape index (κ2) is 7.79. The summed E-state index contributed by atoms with van der Waals surface area (Å²) < 4.78 is 5.16. The van der Waals surface area contributed by atoms with Crippen LogP contribution in [0.2, 0.25) is 0 Å². The second-order valence-corrected chi connectivity index (χ2v) is 7.24. The van der Waals surface area contributed by atoms with E-state index >= 15 is 0 Å². The Morgan fingerprint density at radius 1 is 1.20 bits per heavy atom. The lowest BCUT2D eigenvalue weighted by molar-refractivity contribution is -0.137. The zero-order valence-corrected chi connectivity index (χ0v) is 15.7. The van der Waals surface area contributed by atoms with Crippen molar-refractivity contribution < 1.29 is 9.53 Å². The molecule has 1 heterocycles. The molecule has 0 saturated heterocycles. The Bertz CT molecular complexity index is 813. The molecule has 1 aliphatic rings. The van der Waals surface area contributed by atoms with Gasteiger partial charge in [-0.15, -0.1) is 11.8 Å². The number of nitrogens with zero attached hydrogens (tertiary/aromatic N) is 1. The van der Waals surface area contributed by atoms with Crippen LogP contribution in [0.1, 0.15) is 25.0 Å². The van der Waals surface area contributed by atoms with Gasteiger partial charge in [-0.2, -0.15) is 0 Å². The van der Waals surface area contributed by atoms with E-state index in [2.05, 4.69) is 55.3 Å². The van der Waals surface area contributed by atoms with E-state index in [1.165, 1.54) is 16.1 Å². The Morgan fingerprint density at radius 2 is 2.00 bits per heavy atom. The number of allylic oxidation sites excluding steroid dienone is 1. The van der Waals surface area contributed by atoms with Gasteiger partial charge in [0.1, 0.15) is 0 Å². The van der Waals surface area contributed by atoms with Gasteiger partial charge >= 0.3 is 5.97 Å². The van der Waals surface area contributed by atoms with Crippen LogP contribution < -0.4 is 4.90 Å². The second-order valence-electron chi connectivity index (χ2n) is 5.90. The van der Waals surface area contributed by atoms with Crippen molar-refractivity contribution in [3.05, 3.63) is 59.7 Å². The molecule has 2 aromatic carbocycles. The highest BCUT2D eigenvalue weighted by Gasteiger charge is 2.22. The van der Waals surface area contributed by atoms with E-state index in [9.17, 15) is 4.79 Å². The number of carbonyl (C=O) groups excluding carboxylic acids is 1. The van der Waals surface area contributed by atoms with Crippen molar-refractivity contribution in [1.82, 2.24) is 0 Å². The van der Waals surface area contributed by atoms with Crippen molar-refractivity contribution >= 4 is 34.7 Å². The molecule has 0 aromatic heterocycles. The van der Waals surface area contributed by atoms with E-state index in [4.69, 9.17) is 4.74 Å². The number of fused-ring (bicyclic) bond motifs is 2. The third-order valence-corrected chi connectivity index (χ3v) is 5.17. The molecule has 0 radical (unpaired) electrons. The fourth-order valence-corrected chi connectivity index (χ4v) is 3.89. The molecule has 25 heavy (non-hydrogen) atoms. The minimum Gasteiger partial charge on any atom is -0.463 e. The van der Waals surface area contributed by atoms with Gasteiger partial charge in [-0.3, -0.25) is 0 Å². The van der Waals surface area contributed by atoms with Crippen LogP contribution in [0.25, 0.3) is 5.57 Å². The number of rotatable bonds is 4. The van der Waals surface area contributed by atoms with Gasteiger partial charge in [-0.1, -0.05) is 25.1 Å². The van der Waals surface area contributed by atoms with E-state index in [0.29, 0.717) is 13.0 Å². The predicted octanol–water partition coefficient (Wildman–Crippen LogP) is 5.07. The molecule has 0 bridgehead atoms. The number of hydrogen-bond donors (Lipinski definition) is 0. The summed E-state index contributed by atoms with van der Waals surface area (Å²) in [5.41, 5.74) is 5.60. The Balaban J connectivity index is 2.16. The SMILES string of the molecule is CCOC(=O)C=C1Cc2ccccc2N(C)c2ccc(SCC)cc21. The fourth-order valence-electron chi connectivity index (χ4n) is 3.19. The molecule has 3 rings (SSSR count). The normalized spacial score (nSPS) is 14.7. The van der Waals surface area contributed by atoms with E-state index in [1.54, 1.807) is 6.08 Å². The van der Waals surface area contributed by atoms with Gasteiger partial charge in [0.25, 0.3) is 0 Å². The third kappa shape index (κ3) is 3.74. The summed E-state index contributed by atoms with van der Waals surface area (Å²) in [7, 11) is 2.08. The lowest BCUT2D eigenvalue weighted by Crippen LogP contribution is -2.11. The number of ether oxygens (including phenoxy) is 1. The molecule has 0 unspecified atom stereocenters. The smallest absolute Gasteiger partial charge is 0.331 e. The van der Waals surface area contributed by atoms with Crippen LogP contribution in [-0.2, 0) is 16.0 Å². The predicted molar refractivity (Wildman–Crippen MR) is 106 cm³/mol. The lowest BCUT2D eigenvalue weighted by Gasteiger charge is -2.22. The molecule has 0 aliphatic carbocycles. The summed E-state index contributed by atoms with van der Waals surface area (Å²) in [6, 6.07) is 14.8. The highest BCUT2D eigenvalue weighted by atomic mass is 32.2. The molecule has 0 amide bonds. The standard InChI is InChI=1S/C21H23NO2S/c1-4-24-21(23)13-16-12-15-8-6-7-9-19(15)22(3)20-11-10-17(25-5-2)14-18(16)20/h6-11,13-14H,4-5,12H2,1-3H3. The Kier molecular flexibility index (Phi) is 5.49. The number of anilines is 2. The molecule has 2 aromatic rings. The minimum absolute atomic E-state index is 0.279. The van der Waals surface area contributed by atoms with Crippen LogP contribution >= 0.6 is 11.8 Å². The molecule has 0 fully saturated rings. The van der Waals surface area contributed by atoms with Crippen molar-refractivity contribution in [2.75, 3.05) is 24.3 Å². The molecule has 0 saturated carbocycles. The van der Waals surface area contributed by atoms with Crippen molar-refractivity contribution in [3.8, 4) is 0 Å². The first-order chi connectivity index (χ1) is 12.1. The van der Waals surface area contributed by atoms with Crippen LogP contribution in [0.5, 0.6) is 0 Å². The first kappa shape index (κ1) is 17.6. The summed E-state index contributed by atoms with van der Waals surface area (Å²) >= 11 is 1.81. The molecule has 130 valence electrons. The molecule has 0 N–H and O–H groups in total. The van der Waals surface area contributed by atoms with E-state index < -0.39 is 0 Å². The zero-order chi connectivity index (χ0) is 17.8. The Labute approximate surface area is 153 Å². The summed E-state index contributed by atoms with van der Waals surface area (Å²) in [6.45, 7) is 4.36. The first-order valence-electron chi connectivity index (χ1n) is 8.60. The van der Waals surface area contributed by atoms with Crippen molar-refractivity contribution in [1.29, 1.82) is 0 Å². The summed E-state index contributed by atoms with van der Waals surface area (Å²) in [6.07, 6.45) is 2.37. The van der Waals surface area contributed by atoms with E-state index in [-0.39, 0.29) is 5.97 Å². The maximum absolute atomic E-state index is 12.1. The van der Waals surface area contributed by atoms with Gasteiger partial charge in [-0.05, 0) is 48.1 Å². The average molecular weight is 353 g/mol. The van der Waals surface area contributed by atoms with Crippen LogP contribution in [0.4, 0.5) is 11.4 Å². The van der Waals surface area contributed by atoms with Gasteiger partial charge in [0, 0.05) is 41.4 Å². The quantitative estimate of drug-likeness (QED) is 0.436. The van der Waals surface area contributed by atoms with Crippen LogP contribution in [0.3, 0.4) is 0 Å². The van der Waals surface area contributed by atoms with Crippen LogP contribution in [0.15, 0.2) is 53.4 Å². The topological polar surface area (TPSA) is 29.5 Å². The highest BCUT2D eigenvalue weighted by Crippen LogP contribution is 2.41. The fraction of sp³-hybridized carbons (Fsp3) is 0.286. The Morgan fingerprint density at radius 3 is 2.76 bits per heavy atom. The molecule has 0 atom stereocenters. The molecule has 1 aliphatic heterocycles. The van der Waals surface area contributed by atoms with Crippen molar-refractivity contribution in [3.63, 3.8) is 0 Å². The van der Waals surface area contributed by atoms with Crippen molar-refractivity contribution in [2.45, 2.75) is 25.2 Å². The van der Waals surface area contributed by atoms with Crippen LogP contribution in [0, 0.1) is 0 Å². The number of thioether (sulfide) groups is 1. The minimum atomic E-state index is -0.279. The molecule has 4 heteroatoms. The first-order valence-corrected chi connectivity index (χ1v) is 9.58. The van der Waals surface area contributed by atoms with Crippen LogP contribution in [-0.4, -0.2) is 25.4 Å². The zero-order valence-electron chi connectivity index (χ0n) is 14.9. The lowest BCUT2D eigenvalue weighted by atomic mass is 9.98. The third-order valence-electron chi connectivity index (χ3n) is 4.30. The molecular formula is C21H23NO2S. The molecule has 3 nitrogen and oxygen atoms in total. The highest BCUT2D eigenvalue weighted by molar-refractivity contribution is 7.99. The average Bonchev–Trinajstić information content (AvgIpc) is 2.71. The summed E-state index contributed by atoms with van der Waals surface area (Å²) in [5, 5.41) is 0. The molecule has 0 spiro atoms. The summed E-state index contributed by atoms with van der Waals surface area (Å²) in [4.78, 5) is 15.5. The number of carbonyl (C=O) groups is 1. The van der Waals surface area contributed by atoms with Gasteiger partial charge in [0.2, 0.25) is 0 Å². The van der Waals surface area contributed by atoms with E-state index in [1.807, 2.05) is 24.8 Å². The van der Waals surface area contributed by atoms with E-state index in [0.717, 1.165) is 22.6 Å². The monoisotopic (exact) mass is 353 g/mol. The maximum Gasteiger partial charge on any atom is 0.331 e. The maximum atomic E-state index is 12.1. The summed E-state index contributed by atoms with van der Waals surface area (Å²) in [5.74, 6) is 0.741. The largest absolute Gasteiger partial charge is 0.463 e. The molecular weight excluding hydrogens is 330 g/mol.